The van der Waals surface area contributed by atoms with Crippen molar-refractivity contribution in [3.63, 3.8) is 0 Å². The van der Waals surface area contributed by atoms with Crippen molar-refractivity contribution < 1.29 is 18.3 Å². The number of aromatic nitrogens is 3. The van der Waals surface area contributed by atoms with Crippen LogP contribution in [0.3, 0.4) is 0 Å². The molecule has 6 nitrogen and oxygen atoms in total. The molecular formula is C23H17ClF3N5OS. The van der Waals surface area contributed by atoms with Gasteiger partial charge in [-0.15, -0.1) is 0 Å². The smallest absolute Gasteiger partial charge is 0.417 e. The SMILES string of the molecule is CN(CCC#N)c1nc(O)c(C(=Cc2ccc(Cl)cc2C(F)(F)F)c2ccc3[nH]ncc3c2)s1. The van der Waals surface area contributed by atoms with Gasteiger partial charge in [0.15, 0.2) is 5.13 Å². The molecule has 0 fully saturated rings. The lowest BCUT2D eigenvalue weighted by Gasteiger charge is -2.14. The molecule has 34 heavy (non-hydrogen) atoms. The van der Waals surface area contributed by atoms with Gasteiger partial charge in [0.1, 0.15) is 4.88 Å². The third-order valence-corrected chi connectivity index (χ3v) is 6.53. The molecular weight excluding hydrogens is 487 g/mol. The molecule has 11 heteroatoms. The number of benzene rings is 2. The Morgan fingerprint density at radius 1 is 1.29 bits per heavy atom. The summed E-state index contributed by atoms with van der Waals surface area (Å²) in [4.78, 5) is 6.18. The van der Waals surface area contributed by atoms with Crippen LogP contribution in [0.2, 0.25) is 5.02 Å². The average molecular weight is 504 g/mol. The Morgan fingerprint density at radius 3 is 2.82 bits per heavy atom. The molecule has 0 aliphatic carbocycles. The number of anilines is 1. The summed E-state index contributed by atoms with van der Waals surface area (Å²) in [6.45, 7) is 0.387. The van der Waals surface area contributed by atoms with E-state index in [0.29, 0.717) is 27.7 Å². The molecule has 4 aromatic rings. The van der Waals surface area contributed by atoms with Crippen molar-refractivity contribution in [1.82, 2.24) is 15.2 Å². The maximum absolute atomic E-state index is 13.8. The molecule has 0 aliphatic heterocycles. The normalized spacial score (nSPS) is 12.2. The maximum Gasteiger partial charge on any atom is 0.417 e. The fraction of sp³-hybridized carbons (Fsp3) is 0.174. The second kappa shape index (κ2) is 9.37. The highest BCUT2D eigenvalue weighted by Gasteiger charge is 2.33. The van der Waals surface area contributed by atoms with E-state index in [0.717, 1.165) is 28.3 Å². The molecule has 0 aliphatic rings. The summed E-state index contributed by atoms with van der Waals surface area (Å²) >= 11 is 6.96. The molecule has 4 rings (SSSR count). The minimum atomic E-state index is -4.63. The van der Waals surface area contributed by atoms with Crippen LogP contribution >= 0.6 is 22.9 Å². The van der Waals surface area contributed by atoms with Crippen LogP contribution in [-0.2, 0) is 6.18 Å². The van der Waals surface area contributed by atoms with Gasteiger partial charge in [-0.05, 0) is 41.5 Å². The number of hydrogen-bond acceptors (Lipinski definition) is 6. The summed E-state index contributed by atoms with van der Waals surface area (Å²) < 4.78 is 41.3. The van der Waals surface area contributed by atoms with Gasteiger partial charge in [0.2, 0.25) is 5.88 Å². The van der Waals surface area contributed by atoms with E-state index >= 15 is 0 Å². The molecule has 0 atom stereocenters. The number of aromatic hydroxyl groups is 1. The van der Waals surface area contributed by atoms with Crippen LogP contribution in [0.15, 0.2) is 42.6 Å². The van der Waals surface area contributed by atoms with Crippen LogP contribution < -0.4 is 4.90 Å². The lowest BCUT2D eigenvalue weighted by atomic mass is 9.98. The lowest BCUT2D eigenvalue weighted by molar-refractivity contribution is -0.137. The number of thiazole rings is 1. The third kappa shape index (κ3) is 4.85. The molecule has 0 bridgehead atoms. The standard InChI is InChI=1S/C23H17ClF3N5OS/c1-32(8-2-7-28)22-30-21(33)20(34-22)17(13-4-6-19-15(9-13)12-29-31-19)10-14-3-5-16(24)11-18(14)23(25,26)27/h3-6,9-12,33H,2,8H2,1H3,(H,29,31). The van der Waals surface area contributed by atoms with Crippen molar-refractivity contribution in [3.05, 3.63) is 69.2 Å². The van der Waals surface area contributed by atoms with Gasteiger partial charge >= 0.3 is 6.18 Å². The van der Waals surface area contributed by atoms with Crippen LogP contribution in [0, 0.1) is 11.3 Å². The van der Waals surface area contributed by atoms with Gasteiger partial charge in [0, 0.05) is 29.6 Å². The van der Waals surface area contributed by atoms with Gasteiger partial charge in [-0.3, -0.25) is 5.10 Å². The topological polar surface area (TPSA) is 88.8 Å². The molecule has 2 heterocycles. The zero-order valence-electron chi connectivity index (χ0n) is 17.7. The predicted octanol–water partition coefficient (Wildman–Crippen LogP) is 6.34. The number of aromatic amines is 1. The van der Waals surface area contributed by atoms with Crippen molar-refractivity contribution in [2.75, 3.05) is 18.5 Å². The molecule has 0 unspecified atom stereocenters. The maximum atomic E-state index is 13.8. The van der Waals surface area contributed by atoms with Crippen LogP contribution in [0.4, 0.5) is 18.3 Å². The zero-order chi connectivity index (χ0) is 24.5. The Morgan fingerprint density at radius 2 is 2.09 bits per heavy atom. The Bertz CT molecular complexity index is 1420. The molecule has 0 amide bonds. The second-order valence-electron chi connectivity index (χ2n) is 7.44. The predicted molar refractivity (Wildman–Crippen MR) is 127 cm³/mol. The number of nitrogens with one attached hydrogen (secondary N) is 1. The van der Waals surface area contributed by atoms with E-state index in [2.05, 4.69) is 15.2 Å². The fourth-order valence-electron chi connectivity index (χ4n) is 3.40. The van der Waals surface area contributed by atoms with Gasteiger partial charge < -0.3 is 10.0 Å². The number of rotatable bonds is 6. The molecule has 0 saturated carbocycles. The Labute approximate surface area is 201 Å². The van der Waals surface area contributed by atoms with Crippen molar-refractivity contribution in [2.45, 2.75) is 12.6 Å². The molecule has 2 N–H and O–H groups in total. The number of nitriles is 1. The van der Waals surface area contributed by atoms with E-state index in [9.17, 15) is 18.3 Å². The van der Waals surface area contributed by atoms with Crippen molar-refractivity contribution in [3.8, 4) is 11.9 Å². The Hall–Kier alpha value is -3.55. The van der Waals surface area contributed by atoms with Crippen molar-refractivity contribution >= 4 is 50.6 Å². The molecule has 0 spiro atoms. The first-order valence-corrected chi connectivity index (χ1v) is 11.2. The first-order valence-electron chi connectivity index (χ1n) is 9.97. The lowest BCUT2D eigenvalue weighted by Crippen LogP contribution is -2.17. The summed E-state index contributed by atoms with van der Waals surface area (Å²) in [5, 5.41) is 27.5. The van der Waals surface area contributed by atoms with Crippen LogP contribution in [0.5, 0.6) is 5.88 Å². The second-order valence-corrected chi connectivity index (χ2v) is 8.85. The van der Waals surface area contributed by atoms with Crippen LogP contribution in [0.1, 0.15) is 28.0 Å². The van der Waals surface area contributed by atoms with E-state index in [1.807, 2.05) is 6.07 Å². The van der Waals surface area contributed by atoms with Crippen LogP contribution in [-0.4, -0.2) is 33.9 Å². The number of halogens is 4. The highest BCUT2D eigenvalue weighted by Crippen LogP contribution is 2.42. The van der Waals surface area contributed by atoms with E-state index in [4.69, 9.17) is 16.9 Å². The van der Waals surface area contributed by atoms with Gasteiger partial charge in [0.05, 0.1) is 29.8 Å². The van der Waals surface area contributed by atoms with E-state index in [1.54, 1.807) is 36.3 Å². The first kappa shape index (κ1) is 23.6. The summed E-state index contributed by atoms with van der Waals surface area (Å²) in [5.41, 5.74) is 0.688. The molecule has 2 aromatic carbocycles. The first-order chi connectivity index (χ1) is 16.2. The van der Waals surface area contributed by atoms with Gasteiger partial charge in [-0.1, -0.05) is 35.1 Å². The minimum absolute atomic E-state index is 0.0344. The molecule has 0 radical (unpaired) electrons. The largest absolute Gasteiger partial charge is 0.492 e. The number of hydrogen-bond donors (Lipinski definition) is 2. The highest BCUT2D eigenvalue weighted by atomic mass is 35.5. The van der Waals surface area contributed by atoms with Crippen molar-refractivity contribution in [2.24, 2.45) is 0 Å². The van der Waals surface area contributed by atoms with Crippen molar-refractivity contribution in [1.29, 1.82) is 5.26 Å². The number of fused-ring (bicyclic) bond motifs is 1. The van der Waals surface area contributed by atoms with Gasteiger partial charge in [0.25, 0.3) is 0 Å². The summed E-state index contributed by atoms with van der Waals surface area (Å²) in [5.74, 6) is -0.315. The monoisotopic (exact) mass is 503 g/mol. The molecule has 0 saturated heterocycles. The molecule has 2 aromatic heterocycles. The van der Waals surface area contributed by atoms with E-state index in [1.165, 1.54) is 18.2 Å². The van der Waals surface area contributed by atoms with Crippen LogP contribution in [0.25, 0.3) is 22.6 Å². The van der Waals surface area contributed by atoms with Gasteiger partial charge in [-0.2, -0.15) is 28.5 Å². The average Bonchev–Trinajstić information content (AvgIpc) is 3.42. The minimum Gasteiger partial charge on any atom is -0.492 e. The highest BCUT2D eigenvalue weighted by molar-refractivity contribution is 7.17. The summed E-state index contributed by atoms with van der Waals surface area (Å²) in [6, 6.07) is 10.9. The fourth-order valence-corrected chi connectivity index (χ4v) is 4.56. The van der Waals surface area contributed by atoms with Gasteiger partial charge in [-0.25, -0.2) is 0 Å². The number of nitrogens with zero attached hydrogens (tertiary/aromatic N) is 4. The zero-order valence-corrected chi connectivity index (χ0v) is 19.3. The van der Waals surface area contributed by atoms with E-state index in [-0.39, 0.29) is 22.9 Å². The number of alkyl halides is 3. The summed E-state index contributed by atoms with van der Waals surface area (Å²) in [6.07, 6.45) is -1.40. The quantitative estimate of drug-likeness (QED) is 0.300. The molecule has 174 valence electrons. The number of H-pyrrole nitrogens is 1. The third-order valence-electron chi connectivity index (χ3n) is 5.10. The Kier molecular flexibility index (Phi) is 6.50. The van der Waals surface area contributed by atoms with E-state index < -0.39 is 11.7 Å². The Balaban J connectivity index is 1.91. The summed E-state index contributed by atoms with van der Waals surface area (Å²) in [7, 11) is 1.72.